The van der Waals surface area contributed by atoms with Crippen LogP contribution < -0.4 is 10.5 Å². The first kappa shape index (κ1) is 15.0. The lowest BCUT2D eigenvalue weighted by Gasteiger charge is -2.10. The second-order valence-corrected chi connectivity index (χ2v) is 4.62. The molecule has 1 aromatic rings. The summed E-state index contributed by atoms with van der Waals surface area (Å²) in [6.07, 6.45) is 2.99. The SMILES string of the molecule is CCC(N)COCCCCOc1cccc(C)c1. The summed E-state index contributed by atoms with van der Waals surface area (Å²) < 4.78 is 11.1. The van der Waals surface area contributed by atoms with Gasteiger partial charge in [-0.1, -0.05) is 19.1 Å². The van der Waals surface area contributed by atoms with Gasteiger partial charge in [0.25, 0.3) is 0 Å². The van der Waals surface area contributed by atoms with Crippen LogP contribution in [0.1, 0.15) is 31.7 Å². The molecule has 0 aliphatic heterocycles. The molecule has 1 atom stereocenters. The molecule has 2 N–H and O–H groups in total. The van der Waals surface area contributed by atoms with E-state index >= 15 is 0 Å². The smallest absolute Gasteiger partial charge is 0.119 e. The van der Waals surface area contributed by atoms with E-state index in [1.165, 1.54) is 5.56 Å². The fraction of sp³-hybridized carbons (Fsp3) is 0.600. The average molecular weight is 251 g/mol. The lowest BCUT2D eigenvalue weighted by atomic mass is 10.2. The first-order chi connectivity index (χ1) is 8.72. The van der Waals surface area contributed by atoms with Crippen molar-refractivity contribution >= 4 is 0 Å². The Labute approximate surface area is 110 Å². The molecule has 0 aliphatic carbocycles. The van der Waals surface area contributed by atoms with E-state index in [9.17, 15) is 0 Å². The van der Waals surface area contributed by atoms with Gasteiger partial charge in [0.05, 0.1) is 13.2 Å². The molecule has 1 unspecified atom stereocenters. The Bertz CT molecular complexity index is 328. The molecule has 0 radical (unpaired) electrons. The molecule has 18 heavy (non-hydrogen) atoms. The van der Waals surface area contributed by atoms with E-state index in [0.29, 0.717) is 6.61 Å². The van der Waals surface area contributed by atoms with Gasteiger partial charge in [0.15, 0.2) is 0 Å². The fourth-order valence-corrected chi connectivity index (χ4v) is 1.55. The monoisotopic (exact) mass is 251 g/mol. The van der Waals surface area contributed by atoms with Gasteiger partial charge in [0.1, 0.15) is 5.75 Å². The zero-order chi connectivity index (χ0) is 13.2. The topological polar surface area (TPSA) is 44.5 Å². The Morgan fingerprint density at radius 1 is 1.22 bits per heavy atom. The highest BCUT2D eigenvalue weighted by molar-refractivity contribution is 5.27. The van der Waals surface area contributed by atoms with Crippen molar-refractivity contribution < 1.29 is 9.47 Å². The third-order valence-corrected chi connectivity index (χ3v) is 2.80. The number of ether oxygens (including phenoxy) is 2. The van der Waals surface area contributed by atoms with Gasteiger partial charge >= 0.3 is 0 Å². The number of nitrogens with two attached hydrogens (primary N) is 1. The van der Waals surface area contributed by atoms with Crippen LogP contribution in [0.2, 0.25) is 0 Å². The van der Waals surface area contributed by atoms with Crippen molar-refractivity contribution in [2.75, 3.05) is 19.8 Å². The van der Waals surface area contributed by atoms with E-state index in [2.05, 4.69) is 26.0 Å². The van der Waals surface area contributed by atoms with Gasteiger partial charge in [-0.3, -0.25) is 0 Å². The summed E-state index contributed by atoms with van der Waals surface area (Å²) in [6.45, 7) is 6.31. The summed E-state index contributed by atoms with van der Waals surface area (Å²) in [5, 5.41) is 0. The summed E-state index contributed by atoms with van der Waals surface area (Å²) in [4.78, 5) is 0. The number of benzene rings is 1. The van der Waals surface area contributed by atoms with Gasteiger partial charge < -0.3 is 15.2 Å². The molecule has 1 rings (SSSR count). The van der Waals surface area contributed by atoms with Gasteiger partial charge in [-0.05, 0) is 43.9 Å². The third-order valence-electron chi connectivity index (χ3n) is 2.80. The number of aryl methyl sites for hydroxylation is 1. The van der Waals surface area contributed by atoms with Crippen molar-refractivity contribution in [3.8, 4) is 5.75 Å². The van der Waals surface area contributed by atoms with Crippen LogP contribution in [-0.2, 0) is 4.74 Å². The number of rotatable bonds is 9. The fourth-order valence-electron chi connectivity index (χ4n) is 1.55. The van der Waals surface area contributed by atoms with Crippen LogP contribution in [-0.4, -0.2) is 25.9 Å². The van der Waals surface area contributed by atoms with Crippen molar-refractivity contribution in [2.24, 2.45) is 5.73 Å². The normalized spacial score (nSPS) is 12.4. The Morgan fingerprint density at radius 3 is 2.72 bits per heavy atom. The largest absolute Gasteiger partial charge is 0.494 e. The molecule has 0 fully saturated rings. The maximum atomic E-state index is 5.75. The minimum absolute atomic E-state index is 0.175. The van der Waals surface area contributed by atoms with Gasteiger partial charge in [-0.25, -0.2) is 0 Å². The predicted molar refractivity (Wildman–Crippen MR) is 75.0 cm³/mol. The van der Waals surface area contributed by atoms with Crippen molar-refractivity contribution in [3.63, 3.8) is 0 Å². The standard InChI is InChI=1S/C15H25NO2/c1-3-14(16)12-17-9-4-5-10-18-15-8-6-7-13(2)11-15/h6-8,11,14H,3-5,9-10,12,16H2,1-2H3. The van der Waals surface area contributed by atoms with Crippen molar-refractivity contribution in [2.45, 2.75) is 39.2 Å². The summed E-state index contributed by atoms with van der Waals surface area (Å²) in [5.41, 5.74) is 6.98. The zero-order valence-electron chi connectivity index (χ0n) is 11.5. The Kier molecular flexibility index (Phi) is 7.46. The van der Waals surface area contributed by atoms with Crippen LogP contribution >= 0.6 is 0 Å². The molecule has 0 bridgehead atoms. The van der Waals surface area contributed by atoms with E-state index in [0.717, 1.165) is 38.2 Å². The first-order valence-corrected chi connectivity index (χ1v) is 6.75. The Hall–Kier alpha value is -1.06. The summed E-state index contributed by atoms with van der Waals surface area (Å²) in [5.74, 6) is 0.948. The second kappa shape index (κ2) is 8.95. The average Bonchev–Trinajstić information content (AvgIpc) is 2.37. The van der Waals surface area contributed by atoms with Crippen LogP contribution in [0.25, 0.3) is 0 Å². The zero-order valence-corrected chi connectivity index (χ0v) is 11.5. The van der Waals surface area contributed by atoms with Crippen LogP contribution in [0, 0.1) is 6.92 Å². The number of hydrogen-bond donors (Lipinski definition) is 1. The first-order valence-electron chi connectivity index (χ1n) is 6.75. The molecular weight excluding hydrogens is 226 g/mol. The van der Waals surface area contributed by atoms with E-state index in [4.69, 9.17) is 15.2 Å². The van der Waals surface area contributed by atoms with E-state index in [-0.39, 0.29) is 6.04 Å². The molecule has 0 spiro atoms. The molecule has 3 heteroatoms. The molecule has 3 nitrogen and oxygen atoms in total. The lowest BCUT2D eigenvalue weighted by Crippen LogP contribution is -2.25. The second-order valence-electron chi connectivity index (χ2n) is 4.62. The van der Waals surface area contributed by atoms with Crippen LogP contribution in [0.3, 0.4) is 0 Å². The van der Waals surface area contributed by atoms with Crippen LogP contribution in [0.4, 0.5) is 0 Å². The summed E-state index contributed by atoms with van der Waals surface area (Å²) >= 11 is 0. The van der Waals surface area contributed by atoms with Crippen LogP contribution in [0.5, 0.6) is 5.75 Å². The third kappa shape index (κ3) is 6.62. The van der Waals surface area contributed by atoms with Crippen molar-refractivity contribution in [1.29, 1.82) is 0 Å². The molecular formula is C15H25NO2. The molecule has 0 heterocycles. The predicted octanol–water partition coefficient (Wildman–Crippen LogP) is 2.91. The molecule has 0 saturated carbocycles. The van der Waals surface area contributed by atoms with Gasteiger partial charge in [-0.15, -0.1) is 0 Å². The molecule has 0 aliphatic rings. The Balaban J connectivity index is 1.99. The van der Waals surface area contributed by atoms with Gasteiger partial charge in [-0.2, -0.15) is 0 Å². The van der Waals surface area contributed by atoms with Crippen LogP contribution in [0.15, 0.2) is 24.3 Å². The molecule has 0 saturated heterocycles. The number of hydrogen-bond acceptors (Lipinski definition) is 3. The number of unbranched alkanes of at least 4 members (excludes halogenated alkanes) is 1. The minimum atomic E-state index is 0.175. The molecule has 0 amide bonds. The van der Waals surface area contributed by atoms with E-state index in [1.54, 1.807) is 0 Å². The highest BCUT2D eigenvalue weighted by atomic mass is 16.5. The summed E-state index contributed by atoms with van der Waals surface area (Å²) in [7, 11) is 0. The highest BCUT2D eigenvalue weighted by Gasteiger charge is 1.98. The van der Waals surface area contributed by atoms with E-state index in [1.807, 2.05) is 12.1 Å². The quantitative estimate of drug-likeness (QED) is 0.686. The summed E-state index contributed by atoms with van der Waals surface area (Å²) in [6, 6.07) is 8.30. The molecule has 102 valence electrons. The minimum Gasteiger partial charge on any atom is -0.494 e. The van der Waals surface area contributed by atoms with Gasteiger partial charge in [0, 0.05) is 12.6 Å². The lowest BCUT2D eigenvalue weighted by molar-refractivity contribution is 0.113. The molecule has 1 aromatic carbocycles. The van der Waals surface area contributed by atoms with E-state index < -0.39 is 0 Å². The van der Waals surface area contributed by atoms with Crippen molar-refractivity contribution in [1.82, 2.24) is 0 Å². The maximum Gasteiger partial charge on any atom is 0.119 e. The molecule has 0 aromatic heterocycles. The maximum absolute atomic E-state index is 5.75. The van der Waals surface area contributed by atoms with Crippen molar-refractivity contribution in [3.05, 3.63) is 29.8 Å². The highest BCUT2D eigenvalue weighted by Crippen LogP contribution is 2.12. The van der Waals surface area contributed by atoms with Gasteiger partial charge in [0.2, 0.25) is 0 Å². The Morgan fingerprint density at radius 2 is 2.00 bits per heavy atom.